The van der Waals surface area contributed by atoms with Gasteiger partial charge in [-0.2, -0.15) is 0 Å². The van der Waals surface area contributed by atoms with E-state index in [2.05, 4.69) is 16.0 Å². The number of carbonyl (C=O) groups excluding carboxylic acids is 2. The average Bonchev–Trinajstić information content (AvgIpc) is 2.64. The largest absolute Gasteiger partial charge is 0.481 e. The van der Waals surface area contributed by atoms with E-state index in [-0.39, 0.29) is 18.2 Å². The molecule has 1 unspecified atom stereocenters. The molecule has 0 bridgehead atoms. The van der Waals surface area contributed by atoms with Crippen LogP contribution in [0.25, 0.3) is 0 Å². The van der Waals surface area contributed by atoms with Crippen LogP contribution in [0.5, 0.6) is 0 Å². The van der Waals surface area contributed by atoms with Gasteiger partial charge in [0.05, 0.1) is 6.42 Å². The van der Waals surface area contributed by atoms with Crippen molar-refractivity contribution in [1.82, 2.24) is 10.6 Å². The fourth-order valence-corrected chi connectivity index (χ4v) is 2.66. The lowest BCUT2D eigenvalue weighted by Crippen LogP contribution is -2.50. The fourth-order valence-electron chi connectivity index (χ4n) is 2.66. The minimum absolute atomic E-state index is 0.128. The second-order valence-corrected chi connectivity index (χ2v) is 6.79. The number of urea groups is 1. The van der Waals surface area contributed by atoms with Crippen LogP contribution in [0, 0.1) is 5.92 Å². The molecule has 2 rings (SSSR count). The van der Waals surface area contributed by atoms with Gasteiger partial charge in [0.25, 0.3) is 0 Å². The van der Waals surface area contributed by atoms with Gasteiger partial charge in [-0.1, -0.05) is 56.3 Å². The molecule has 2 aromatic rings. The van der Waals surface area contributed by atoms with Gasteiger partial charge in [-0.3, -0.25) is 9.59 Å². The summed E-state index contributed by atoms with van der Waals surface area (Å²) in [6.07, 6.45) is -0.128. The number of hydrogen-bond donors (Lipinski definition) is 4. The lowest BCUT2D eigenvalue weighted by molar-refractivity contribution is -0.136. The standard InChI is InChI=1S/C21H25N3O4/c1-14(2)19(24-21(28)22-13-15-7-4-3-5-8-15)20(27)23-17-10-6-9-16(11-17)12-18(25)26/h3-11,14,19H,12-13H2,1-2H3,(H,23,27)(H,25,26)(H2,22,24,28). The van der Waals surface area contributed by atoms with E-state index in [4.69, 9.17) is 5.11 Å². The van der Waals surface area contributed by atoms with Crippen LogP contribution < -0.4 is 16.0 Å². The summed E-state index contributed by atoms with van der Waals surface area (Å²) >= 11 is 0. The zero-order chi connectivity index (χ0) is 20.5. The number of carboxylic acids is 1. The third-order valence-electron chi connectivity index (χ3n) is 4.08. The van der Waals surface area contributed by atoms with E-state index in [0.717, 1.165) is 5.56 Å². The third-order valence-corrected chi connectivity index (χ3v) is 4.08. The van der Waals surface area contributed by atoms with E-state index in [1.807, 2.05) is 44.2 Å². The number of nitrogens with one attached hydrogen (secondary N) is 3. The monoisotopic (exact) mass is 383 g/mol. The van der Waals surface area contributed by atoms with Crippen molar-refractivity contribution in [3.8, 4) is 0 Å². The zero-order valence-electron chi connectivity index (χ0n) is 15.9. The summed E-state index contributed by atoms with van der Waals surface area (Å²) in [7, 11) is 0. The van der Waals surface area contributed by atoms with Crippen LogP contribution in [0.2, 0.25) is 0 Å². The summed E-state index contributed by atoms with van der Waals surface area (Å²) in [5.41, 5.74) is 2.03. The van der Waals surface area contributed by atoms with Crippen LogP contribution >= 0.6 is 0 Å². The van der Waals surface area contributed by atoms with Gasteiger partial charge >= 0.3 is 12.0 Å². The van der Waals surface area contributed by atoms with Gasteiger partial charge in [-0.15, -0.1) is 0 Å². The van der Waals surface area contributed by atoms with Gasteiger partial charge in [0.1, 0.15) is 6.04 Å². The molecule has 0 spiro atoms. The first kappa shape index (κ1) is 21.0. The van der Waals surface area contributed by atoms with Crippen LogP contribution in [-0.4, -0.2) is 29.1 Å². The Morgan fingerprint density at radius 1 is 0.964 bits per heavy atom. The van der Waals surface area contributed by atoms with Gasteiger partial charge in [-0.05, 0) is 29.2 Å². The van der Waals surface area contributed by atoms with Gasteiger partial charge in [0.15, 0.2) is 0 Å². The molecule has 7 nitrogen and oxygen atoms in total. The molecule has 2 aromatic carbocycles. The van der Waals surface area contributed by atoms with Gasteiger partial charge in [-0.25, -0.2) is 4.79 Å². The number of anilines is 1. The van der Waals surface area contributed by atoms with Crippen molar-refractivity contribution in [2.24, 2.45) is 5.92 Å². The van der Waals surface area contributed by atoms with Crippen LogP contribution in [0.1, 0.15) is 25.0 Å². The lowest BCUT2D eigenvalue weighted by atomic mass is 10.0. The first-order valence-corrected chi connectivity index (χ1v) is 9.05. The normalized spacial score (nSPS) is 11.5. The third kappa shape index (κ3) is 6.75. The molecule has 0 saturated heterocycles. The molecular formula is C21H25N3O4. The summed E-state index contributed by atoms with van der Waals surface area (Å²) in [6.45, 7) is 4.03. The quantitative estimate of drug-likeness (QED) is 0.562. The van der Waals surface area contributed by atoms with E-state index in [1.54, 1.807) is 24.3 Å². The highest BCUT2D eigenvalue weighted by molar-refractivity contribution is 5.97. The first-order chi connectivity index (χ1) is 13.3. The predicted octanol–water partition coefficient (Wildman–Crippen LogP) is 2.78. The van der Waals surface area contributed by atoms with E-state index < -0.39 is 18.0 Å². The first-order valence-electron chi connectivity index (χ1n) is 9.05. The number of benzene rings is 2. The Labute approximate surface area is 164 Å². The van der Waals surface area contributed by atoms with Gasteiger partial charge in [0, 0.05) is 12.2 Å². The van der Waals surface area contributed by atoms with Crippen molar-refractivity contribution in [2.75, 3.05) is 5.32 Å². The van der Waals surface area contributed by atoms with E-state index in [0.29, 0.717) is 17.8 Å². The highest BCUT2D eigenvalue weighted by Crippen LogP contribution is 2.13. The fraction of sp³-hybridized carbons (Fsp3) is 0.286. The van der Waals surface area contributed by atoms with E-state index in [1.165, 1.54) is 0 Å². The Hall–Kier alpha value is -3.35. The number of amides is 3. The smallest absolute Gasteiger partial charge is 0.315 e. The van der Waals surface area contributed by atoms with Crippen molar-refractivity contribution in [3.05, 3.63) is 65.7 Å². The van der Waals surface area contributed by atoms with Crippen LogP contribution in [0.4, 0.5) is 10.5 Å². The van der Waals surface area contributed by atoms with Crippen molar-refractivity contribution < 1.29 is 19.5 Å². The Bertz CT molecular complexity index is 821. The Kier molecular flexibility index (Phi) is 7.56. The minimum atomic E-state index is -0.944. The summed E-state index contributed by atoms with van der Waals surface area (Å²) in [5, 5.41) is 17.1. The lowest BCUT2D eigenvalue weighted by Gasteiger charge is -2.22. The molecule has 0 aliphatic carbocycles. The molecule has 0 fully saturated rings. The van der Waals surface area contributed by atoms with Crippen molar-refractivity contribution in [3.63, 3.8) is 0 Å². The van der Waals surface area contributed by atoms with E-state index >= 15 is 0 Å². The summed E-state index contributed by atoms with van der Waals surface area (Å²) in [4.78, 5) is 35.7. The topological polar surface area (TPSA) is 108 Å². The van der Waals surface area contributed by atoms with Crippen molar-refractivity contribution in [1.29, 1.82) is 0 Å². The minimum Gasteiger partial charge on any atom is -0.481 e. The van der Waals surface area contributed by atoms with Crippen LogP contribution in [-0.2, 0) is 22.6 Å². The molecule has 28 heavy (non-hydrogen) atoms. The number of aliphatic carboxylic acids is 1. The maximum atomic E-state index is 12.6. The molecule has 1 atom stereocenters. The highest BCUT2D eigenvalue weighted by Gasteiger charge is 2.24. The maximum absolute atomic E-state index is 12.6. The van der Waals surface area contributed by atoms with Crippen LogP contribution in [0.3, 0.4) is 0 Å². The average molecular weight is 383 g/mol. The Morgan fingerprint density at radius 3 is 2.29 bits per heavy atom. The molecule has 7 heteroatoms. The van der Waals surface area contributed by atoms with Crippen molar-refractivity contribution in [2.45, 2.75) is 32.9 Å². The number of rotatable bonds is 8. The number of hydrogen-bond acceptors (Lipinski definition) is 3. The Morgan fingerprint density at radius 2 is 1.64 bits per heavy atom. The zero-order valence-corrected chi connectivity index (χ0v) is 15.9. The predicted molar refractivity (Wildman–Crippen MR) is 107 cm³/mol. The molecule has 0 aliphatic heterocycles. The molecule has 0 heterocycles. The summed E-state index contributed by atoms with van der Waals surface area (Å²) in [6, 6.07) is 14.9. The molecule has 0 aromatic heterocycles. The molecule has 0 saturated carbocycles. The molecule has 0 radical (unpaired) electrons. The van der Waals surface area contributed by atoms with Gasteiger partial charge < -0.3 is 21.1 Å². The summed E-state index contributed by atoms with van der Waals surface area (Å²) in [5.74, 6) is -1.44. The second-order valence-electron chi connectivity index (χ2n) is 6.79. The van der Waals surface area contributed by atoms with Crippen LogP contribution in [0.15, 0.2) is 54.6 Å². The molecule has 3 amide bonds. The maximum Gasteiger partial charge on any atom is 0.315 e. The van der Waals surface area contributed by atoms with Crippen molar-refractivity contribution >= 4 is 23.6 Å². The molecule has 0 aliphatic rings. The molecule has 4 N–H and O–H groups in total. The number of carboxylic acid groups (broad SMARTS) is 1. The SMILES string of the molecule is CC(C)C(NC(=O)NCc1ccccc1)C(=O)Nc1cccc(CC(=O)O)c1. The molecular weight excluding hydrogens is 358 g/mol. The highest BCUT2D eigenvalue weighted by atomic mass is 16.4. The second kappa shape index (κ2) is 10.1. The Balaban J connectivity index is 1.95. The van der Waals surface area contributed by atoms with E-state index in [9.17, 15) is 14.4 Å². The molecule has 148 valence electrons. The summed E-state index contributed by atoms with van der Waals surface area (Å²) < 4.78 is 0. The number of carbonyl (C=O) groups is 3. The van der Waals surface area contributed by atoms with Gasteiger partial charge in [0.2, 0.25) is 5.91 Å².